The van der Waals surface area contributed by atoms with Gasteiger partial charge in [-0.05, 0) is 34.9 Å². The molecule has 1 aliphatic rings. The Hall–Kier alpha value is -2.53. The first-order valence-corrected chi connectivity index (χ1v) is 8.99. The zero-order valence-corrected chi connectivity index (χ0v) is 15.1. The van der Waals surface area contributed by atoms with Crippen molar-refractivity contribution in [2.24, 2.45) is 0 Å². The Labute approximate surface area is 155 Å². The molecule has 0 saturated heterocycles. The minimum atomic E-state index is -0.492. The molecule has 2 aromatic rings. The Morgan fingerprint density at radius 1 is 1.36 bits per heavy atom. The van der Waals surface area contributed by atoms with Gasteiger partial charge in [-0.2, -0.15) is 11.3 Å². The number of benzene rings is 1. The molecule has 126 valence electrons. The van der Waals surface area contributed by atoms with Crippen molar-refractivity contribution in [3.8, 4) is 0 Å². The number of nitrogens with zero attached hydrogens (tertiary/aromatic N) is 1. The first kappa shape index (κ1) is 17.3. The fourth-order valence-corrected chi connectivity index (χ4v) is 3.76. The first-order valence-electron chi connectivity index (χ1n) is 7.64. The van der Waals surface area contributed by atoms with Crippen LogP contribution >= 0.6 is 23.6 Å². The van der Waals surface area contributed by atoms with E-state index < -0.39 is 11.9 Å². The van der Waals surface area contributed by atoms with Gasteiger partial charge in [-0.3, -0.25) is 5.87 Å². The molecule has 2 heterocycles. The topological polar surface area (TPSA) is 60.6 Å². The van der Waals surface area contributed by atoms with Crippen LogP contribution < -0.4 is 5.32 Å². The van der Waals surface area contributed by atoms with Crippen molar-refractivity contribution >= 4 is 40.4 Å². The van der Waals surface area contributed by atoms with Crippen LogP contribution in [0.5, 0.6) is 0 Å². The number of thiocarbonyl (C=S) groups is 1. The van der Waals surface area contributed by atoms with Crippen molar-refractivity contribution in [3.05, 3.63) is 80.5 Å². The van der Waals surface area contributed by atoms with Gasteiger partial charge in [0.05, 0.1) is 11.5 Å². The largest absolute Gasteiger partial charge is 0.763 e. The third kappa shape index (κ3) is 3.61. The van der Waals surface area contributed by atoms with Gasteiger partial charge >= 0.3 is 5.97 Å². The fourth-order valence-electron chi connectivity index (χ4n) is 2.76. The molecule has 1 N–H and O–H groups in total. The minimum Gasteiger partial charge on any atom is -0.763 e. The normalized spacial score (nSPS) is 17.1. The number of thiophene rings is 1. The SMILES string of the molecule is CC1=C(C(=O)OCc2ccccc2)C(c2ccsc2)C(=C=[N-])C(=S)N1. The number of hydrogen-bond donors (Lipinski definition) is 1. The zero-order valence-electron chi connectivity index (χ0n) is 13.5. The van der Waals surface area contributed by atoms with Crippen molar-refractivity contribution in [2.45, 2.75) is 19.4 Å². The lowest BCUT2D eigenvalue weighted by molar-refractivity contribution is -0.140. The van der Waals surface area contributed by atoms with E-state index in [1.807, 2.05) is 47.2 Å². The average molecular weight is 367 g/mol. The number of nitrogens with one attached hydrogen (secondary N) is 1. The Morgan fingerprint density at radius 2 is 2.12 bits per heavy atom. The fraction of sp³-hybridized carbons (Fsp3) is 0.158. The summed E-state index contributed by atoms with van der Waals surface area (Å²) in [6.07, 6.45) is 0. The number of allylic oxidation sites excluding steroid dienone is 1. The average Bonchev–Trinajstić information content (AvgIpc) is 3.14. The molecule has 1 atom stereocenters. The molecule has 25 heavy (non-hydrogen) atoms. The molecule has 0 spiro atoms. The highest BCUT2D eigenvalue weighted by atomic mass is 32.1. The molecule has 1 aromatic heterocycles. The van der Waals surface area contributed by atoms with Crippen molar-refractivity contribution < 1.29 is 9.53 Å². The van der Waals surface area contributed by atoms with Crippen LogP contribution in [0.15, 0.2) is 64.0 Å². The Bertz CT molecular complexity index is 879. The minimum absolute atomic E-state index is 0.180. The molecule has 0 bridgehead atoms. The van der Waals surface area contributed by atoms with Gasteiger partial charge in [0.1, 0.15) is 11.6 Å². The van der Waals surface area contributed by atoms with Gasteiger partial charge in [-0.1, -0.05) is 42.5 Å². The molecule has 0 fully saturated rings. The van der Waals surface area contributed by atoms with Crippen LogP contribution in [0, 0.1) is 0 Å². The number of carbonyl (C=O) groups is 1. The molecule has 6 heteroatoms. The zero-order chi connectivity index (χ0) is 17.8. The van der Waals surface area contributed by atoms with E-state index in [4.69, 9.17) is 17.0 Å². The van der Waals surface area contributed by atoms with E-state index in [1.54, 1.807) is 6.92 Å². The summed E-state index contributed by atoms with van der Waals surface area (Å²) < 4.78 is 5.49. The lowest BCUT2D eigenvalue weighted by atomic mass is 9.83. The lowest BCUT2D eigenvalue weighted by Crippen LogP contribution is -2.35. The van der Waals surface area contributed by atoms with Gasteiger partial charge in [-0.15, -0.1) is 0 Å². The smallest absolute Gasteiger partial charge is 0.337 e. The summed E-state index contributed by atoms with van der Waals surface area (Å²) in [5, 5.41) is 16.3. The molecule has 0 radical (unpaired) electrons. The number of hydrogen-bond acceptors (Lipinski definition) is 4. The van der Waals surface area contributed by atoms with Crippen LogP contribution in [-0.4, -0.2) is 16.8 Å². The second kappa shape index (κ2) is 7.57. The maximum absolute atomic E-state index is 12.8. The van der Waals surface area contributed by atoms with Crippen molar-refractivity contribution in [2.75, 3.05) is 0 Å². The first-order chi connectivity index (χ1) is 12.1. The van der Waals surface area contributed by atoms with Crippen LogP contribution in [0.2, 0.25) is 0 Å². The van der Waals surface area contributed by atoms with Crippen molar-refractivity contribution in [1.29, 1.82) is 0 Å². The van der Waals surface area contributed by atoms with E-state index in [0.29, 0.717) is 21.8 Å². The number of carbonyl (C=O) groups excluding carboxylic acids is 1. The standard InChI is InChI=1S/C19H15N2O2S2/c1-12-16(19(22)23-10-13-5-3-2-4-6-13)17(14-7-8-25-11-14)15(9-20)18(24)21-12/h2-8,11,17H,10H2,1H3,(H,21,24)/q-1. The van der Waals surface area contributed by atoms with Gasteiger partial charge in [0, 0.05) is 11.3 Å². The number of ether oxygens (including phenoxy) is 1. The van der Waals surface area contributed by atoms with Crippen molar-refractivity contribution in [1.82, 2.24) is 5.32 Å². The lowest BCUT2D eigenvalue weighted by Gasteiger charge is -2.29. The molecule has 1 aromatic carbocycles. The maximum Gasteiger partial charge on any atom is 0.337 e. The van der Waals surface area contributed by atoms with Gasteiger partial charge in [-0.25, -0.2) is 4.79 Å². The van der Waals surface area contributed by atoms with E-state index in [0.717, 1.165) is 11.1 Å². The highest BCUT2D eigenvalue weighted by molar-refractivity contribution is 7.80. The second-order valence-corrected chi connectivity index (χ2v) is 6.76. The van der Waals surface area contributed by atoms with E-state index >= 15 is 0 Å². The quantitative estimate of drug-likeness (QED) is 0.385. The second-order valence-electron chi connectivity index (χ2n) is 5.57. The van der Waals surface area contributed by atoms with Crippen LogP contribution in [0.3, 0.4) is 0 Å². The molecule has 4 nitrogen and oxygen atoms in total. The van der Waals surface area contributed by atoms with E-state index in [2.05, 4.69) is 11.2 Å². The number of esters is 1. The predicted octanol–water partition coefficient (Wildman–Crippen LogP) is 3.95. The monoisotopic (exact) mass is 367 g/mol. The molecular formula is C19H15N2O2S2-. The van der Waals surface area contributed by atoms with Crippen LogP contribution in [0.25, 0.3) is 5.41 Å². The summed E-state index contributed by atoms with van der Waals surface area (Å²) in [4.78, 5) is 13.1. The van der Waals surface area contributed by atoms with Gasteiger partial charge < -0.3 is 15.5 Å². The summed E-state index contributed by atoms with van der Waals surface area (Å²) in [5.74, 6) is 1.21. The highest BCUT2D eigenvalue weighted by Crippen LogP contribution is 2.37. The van der Waals surface area contributed by atoms with Gasteiger partial charge in [0.15, 0.2) is 0 Å². The molecule has 1 unspecified atom stereocenters. The summed E-state index contributed by atoms with van der Waals surface area (Å²) in [5.41, 5.74) is 3.20. The predicted molar refractivity (Wildman–Crippen MR) is 104 cm³/mol. The van der Waals surface area contributed by atoms with Gasteiger partial charge in [0.25, 0.3) is 0 Å². The Morgan fingerprint density at radius 3 is 2.76 bits per heavy atom. The van der Waals surface area contributed by atoms with Crippen LogP contribution in [-0.2, 0) is 16.1 Å². The molecule has 0 saturated carbocycles. The van der Waals surface area contributed by atoms with E-state index in [9.17, 15) is 10.2 Å². The summed E-state index contributed by atoms with van der Waals surface area (Å²) in [6.45, 7) is 1.96. The molecule has 3 rings (SSSR count). The molecule has 0 amide bonds. The van der Waals surface area contributed by atoms with Gasteiger partial charge in [0.2, 0.25) is 0 Å². The van der Waals surface area contributed by atoms with Crippen LogP contribution in [0.1, 0.15) is 24.0 Å². The van der Waals surface area contributed by atoms with E-state index in [-0.39, 0.29) is 6.61 Å². The summed E-state index contributed by atoms with van der Waals surface area (Å²) in [6, 6.07) is 11.4. The maximum atomic E-state index is 12.8. The van der Waals surface area contributed by atoms with Crippen LogP contribution in [0.4, 0.5) is 0 Å². The van der Waals surface area contributed by atoms with Crippen molar-refractivity contribution in [3.63, 3.8) is 0 Å². The Balaban J connectivity index is 1.93. The Kier molecular flexibility index (Phi) is 5.24. The molecule has 1 aliphatic heterocycles. The number of rotatable bonds is 4. The van der Waals surface area contributed by atoms with E-state index in [1.165, 1.54) is 11.3 Å². The molecule has 0 aliphatic carbocycles. The summed E-state index contributed by atoms with van der Waals surface area (Å²) in [7, 11) is 0. The highest BCUT2D eigenvalue weighted by Gasteiger charge is 2.34. The molecular weight excluding hydrogens is 352 g/mol. The third-order valence-corrected chi connectivity index (χ3v) is 4.98. The summed E-state index contributed by atoms with van der Waals surface area (Å²) >= 11 is 6.79. The third-order valence-electron chi connectivity index (χ3n) is 3.96.